The van der Waals surface area contributed by atoms with Crippen LogP contribution in [0.1, 0.15) is 12.6 Å². The van der Waals surface area contributed by atoms with Crippen molar-refractivity contribution >= 4 is 11.5 Å². The number of morpholine rings is 1. The Balaban J connectivity index is 2.08. The van der Waals surface area contributed by atoms with Crippen molar-refractivity contribution in [3.8, 4) is 0 Å². The summed E-state index contributed by atoms with van der Waals surface area (Å²) >= 11 is 0. The van der Waals surface area contributed by atoms with Crippen molar-refractivity contribution in [1.29, 1.82) is 0 Å². The van der Waals surface area contributed by atoms with Crippen LogP contribution in [0.15, 0.2) is 0 Å². The van der Waals surface area contributed by atoms with E-state index in [1.54, 1.807) is 7.05 Å². The molecule has 0 radical (unpaired) electrons. The van der Waals surface area contributed by atoms with Crippen molar-refractivity contribution in [2.75, 3.05) is 38.6 Å². The molecule has 8 heteroatoms. The molecule has 1 atom stereocenters. The lowest BCUT2D eigenvalue weighted by Crippen LogP contribution is -2.43. The van der Waals surface area contributed by atoms with Gasteiger partial charge >= 0.3 is 5.69 Å². The smallest absolute Gasteiger partial charge is 0.333 e. The molecule has 0 aliphatic carbocycles. The first kappa shape index (κ1) is 14.7. The number of nitro groups is 1. The van der Waals surface area contributed by atoms with Crippen LogP contribution in [0, 0.1) is 10.1 Å². The molecule has 0 spiro atoms. The minimum Gasteiger partial charge on any atom is -0.374 e. The zero-order chi connectivity index (χ0) is 14.7. The Morgan fingerprint density at radius 1 is 1.55 bits per heavy atom. The van der Waals surface area contributed by atoms with Crippen molar-refractivity contribution in [2.45, 2.75) is 19.4 Å². The Kier molecular flexibility index (Phi) is 4.56. The Labute approximate surface area is 117 Å². The van der Waals surface area contributed by atoms with Crippen molar-refractivity contribution in [2.24, 2.45) is 7.05 Å². The predicted molar refractivity (Wildman–Crippen MR) is 75.0 cm³/mol. The molecule has 0 amide bonds. The summed E-state index contributed by atoms with van der Waals surface area (Å²) in [6.45, 7) is 4.82. The maximum atomic E-state index is 11.2. The summed E-state index contributed by atoms with van der Waals surface area (Å²) in [6, 6.07) is 0. The third kappa shape index (κ3) is 3.07. The molecular formula is C12H21N5O3. The van der Waals surface area contributed by atoms with Gasteiger partial charge in [-0.15, -0.1) is 0 Å². The van der Waals surface area contributed by atoms with E-state index in [0.717, 1.165) is 13.1 Å². The second-order valence-electron chi connectivity index (χ2n) is 5.01. The molecule has 0 bridgehead atoms. The van der Waals surface area contributed by atoms with E-state index in [1.165, 1.54) is 4.68 Å². The van der Waals surface area contributed by atoms with Crippen LogP contribution in [0.2, 0.25) is 0 Å². The summed E-state index contributed by atoms with van der Waals surface area (Å²) < 4.78 is 7.17. The molecule has 1 aliphatic rings. The third-order valence-corrected chi connectivity index (χ3v) is 3.45. The second kappa shape index (κ2) is 6.19. The predicted octanol–water partition coefficient (Wildman–Crippen LogP) is 0.633. The van der Waals surface area contributed by atoms with Crippen molar-refractivity contribution in [1.82, 2.24) is 14.7 Å². The summed E-state index contributed by atoms with van der Waals surface area (Å²) in [5.74, 6) is 0.448. The van der Waals surface area contributed by atoms with Gasteiger partial charge in [0.05, 0.1) is 17.6 Å². The van der Waals surface area contributed by atoms with Crippen LogP contribution >= 0.6 is 0 Å². The lowest BCUT2D eigenvalue weighted by molar-refractivity contribution is -0.384. The first-order valence-corrected chi connectivity index (χ1v) is 6.77. The summed E-state index contributed by atoms with van der Waals surface area (Å²) in [7, 11) is 3.75. The molecule has 1 N–H and O–H groups in total. The van der Waals surface area contributed by atoms with Gasteiger partial charge in [-0.05, 0) is 13.5 Å². The molecule has 0 saturated carbocycles. The van der Waals surface area contributed by atoms with Gasteiger partial charge in [-0.3, -0.25) is 10.1 Å². The molecule has 20 heavy (non-hydrogen) atoms. The van der Waals surface area contributed by atoms with Crippen molar-refractivity contribution in [3.63, 3.8) is 0 Å². The van der Waals surface area contributed by atoms with Crippen molar-refractivity contribution in [3.05, 3.63) is 15.8 Å². The quantitative estimate of drug-likeness (QED) is 0.630. The molecule has 2 rings (SSSR count). The maximum Gasteiger partial charge on any atom is 0.333 e. The summed E-state index contributed by atoms with van der Waals surface area (Å²) in [6.07, 6.45) is 0.572. The summed E-state index contributed by atoms with van der Waals surface area (Å²) in [4.78, 5) is 13.0. The van der Waals surface area contributed by atoms with Gasteiger partial charge in [0.1, 0.15) is 5.69 Å². The number of likely N-dealkylation sites (N-methyl/N-ethyl adjacent to an activating group) is 1. The number of nitrogens with one attached hydrogen (secondary N) is 1. The SMILES string of the molecule is CCc1nn(C)c(NCC2CN(C)CCO2)c1[N+](=O)[O-]. The highest BCUT2D eigenvalue weighted by atomic mass is 16.6. The van der Waals surface area contributed by atoms with E-state index in [9.17, 15) is 10.1 Å². The molecular weight excluding hydrogens is 262 g/mol. The topological polar surface area (TPSA) is 85.5 Å². The Morgan fingerprint density at radius 2 is 2.30 bits per heavy atom. The number of rotatable bonds is 5. The average Bonchev–Trinajstić information content (AvgIpc) is 2.73. The van der Waals surface area contributed by atoms with Crippen LogP contribution in [0.5, 0.6) is 0 Å². The number of aromatic nitrogens is 2. The number of hydrogen-bond acceptors (Lipinski definition) is 6. The first-order valence-electron chi connectivity index (χ1n) is 6.77. The van der Waals surface area contributed by atoms with Crippen LogP contribution in [0.4, 0.5) is 11.5 Å². The Bertz CT molecular complexity index is 488. The first-order chi connectivity index (χ1) is 9.52. The fourth-order valence-electron chi connectivity index (χ4n) is 2.40. The average molecular weight is 283 g/mol. The zero-order valence-electron chi connectivity index (χ0n) is 12.1. The number of hydrogen-bond donors (Lipinski definition) is 1. The fraction of sp³-hybridized carbons (Fsp3) is 0.750. The van der Waals surface area contributed by atoms with E-state index in [0.29, 0.717) is 31.1 Å². The van der Waals surface area contributed by atoms with Gasteiger partial charge in [-0.1, -0.05) is 6.92 Å². The molecule has 1 saturated heterocycles. The molecule has 0 aromatic carbocycles. The largest absolute Gasteiger partial charge is 0.374 e. The summed E-state index contributed by atoms with van der Waals surface area (Å²) in [5.41, 5.74) is 0.570. The maximum absolute atomic E-state index is 11.2. The molecule has 8 nitrogen and oxygen atoms in total. The van der Waals surface area contributed by atoms with Gasteiger partial charge in [0.25, 0.3) is 0 Å². The van der Waals surface area contributed by atoms with E-state index >= 15 is 0 Å². The Hall–Kier alpha value is -1.67. The third-order valence-electron chi connectivity index (χ3n) is 3.45. The molecule has 1 aromatic rings. The molecule has 2 heterocycles. The highest BCUT2D eigenvalue weighted by Crippen LogP contribution is 2.28. The standard InChI is InChI=1S/C12H21N5O3/c1-4-10-11(17(18)19)12(16(3)14-10)13-7-9-8-15(2)5-6-20-9/h9,13H,4-8H2,1-3H3. The van der Waals surface area contributed by atoms with Gasteiger partial charge in [-0.2, -0.15) is 5.10 Å². The highest BCUT2D eigenvalue weighted by Gasteiger charge is 2.26. The van der Waals surface area contributed by atoms with Gasteiger partial charge in [0.2, 0.25) is 5.82 Å². The number of anilines is 1. The lowest BCUT2D eigenvalue weighted by atomic mass is 10.2. The van der Waals surface area contributed by atoms with E-state index in [4.69, 9.17) is 4.74 Å². The van der Waals surface area contributed by atoms with E-state index in [-0.39, 0.29) is 16.7 Å². The van der Waals surface area contributed by atoms with Gasteiger partial charge in [-0.25, -0.2) is 4.68 Å². The molecule has 1 aromatic heterocycles. The van der Waals surface area contributed by atoms with Gasteiger partial charge < -0.3 is 15.0 Å². The minimum atomic E-state index is -0.373. The monoisotopic (exact) mass is 283 g/mol. The molecule has 1 aliphatic heterocycles. The molecule has 112 valence electrons. The molecule has 1 fully saturated rings. The number of aryl methyl sites for hydroxylation is 2. The van der Waals surface area contributed by atoms with Gasteiger partial charge in [0, 0.05) is 26.7 Å². The van der Waals surface area contributed by atoms with E-state index in [2.05, 4.69) is 15.3 Å². The van der Waals surface area contributed by atoms with Crippen LogP contribution in [0.25, 0.3) is 0 Å². The van der Waals surface area contributed by atoms with Gasteiger partial charge in [0.15, 0.2) is 0 Å². The lowest BCUT2D eigenvalue weighted by Gasteiger charge is -2.30. The van der Waals surface area contributed by atoms with Crippen LogP contribution < -0.4 is 5.32 Å². The fourth-order valence-corrected chi connectivity index (χ4v) is 2.40. The van der Waals surface area contributed by atoms with Crippen LogP contribution in [-0.2, 0) is 18.2 Å². The van der Waals surface area contributed by atoms with E-state index < -0.39 is 0 Å². The highest BCUT2D eigenvalue weighted by molar-refractivity contribution is 5.59. The number of nitrogens with zero attached hydrogens (tertiary/aromatic N) is 4. The minimum absolute atomic E-state index is 0.0355. The summed E-state index contributed by atoms with van der Waals surface area (Å²) in [5, 5.41) is 18.5. The molecule has 1 unspecified atom stereocenters. The van der Waals surface area contributed by atoms with Crippen LogP contribution in [0.3, 0.4) is 0 Å². The zero-order valence-corrected chi connectivity index (χ0v) is 12.1. The normalized spacial score (nSPS) is 20.1. The van der Waals surface area contributed by atoms with Crippen molar-refractivity contribution < 1.29 is 9.66 Å². The Morgan fingerprint density at radius 3 is 2.90 bits per heavy atom. The second-order valence-corrected chi connectivity index (χ2v) is 5.01. The number of ether oxygens (including phenoxy) is 1. The van der Waals surface area contributed by atoms with E-state index in [1.807, 2.05) is 14.0 Å². The van der Waals surface area contributed by atoms with Crippen LogP contribution in [-0.4, -0.2) is 59.0 Å².